The first-order chi connectivity index (χ1) is 9.56. The summed E-state index contributed by atoms with van der Waals surface area (Å²) in [5.74, 6) is 1.52. The van der Waals surface area contributed by atoms with Crippen LogP contribution in [0.5, 0.6) is 5.75 Å². The Morgan fingerprint density at radius 2 is 1.75 bits per heavy atom. The van der Waals surface area contributed by atoms with Gasteiger partial charge in [0.1, 0.15) is 5.75 Å². The number of hydrogen-bond acceptors (Lipinski definition) is 2. The highest BCUT2D eigenvalue weighted by Gasteiger charge is 2.05. The van der Waals surface area contributed by atoms with Crippen LogP contribution in [0.15, 0.2) is 42.5 Å². The van der Waals surface area contributed by atoms with Crippen molar-refractivity contribution < 1.29 is 4.74 Å². The van der Waals surface area contributed by atoms with Crippen LogP contribution in [-0.4, -0.2) is 6.61 Å². The molecule has 0 amide bonds. The first kappa shape index (κ1) is 14.4. The lowest BCUT2D eigenvalue weighted by Crippen LogP contribution is -2.03. The summed E-state index contributed by atoms with van der Waals surface area (Å²) >= 11 is 0. The maximum Gasteiger partial charge on any atom is 0.122 e. The SMILES string of the molecule is Cc1ccc(C(C)C)cc1OCCc1ccc(N)cc1. The van der Waals surface area contributed by atoms with E-state index >= 15 is 0 Å². The molecule has 106 valence electrons. The molecule has 2 aromatic carbocycles. The molecule has 0 saturated carbocycles. The number of rotatable bonds is 5. The maximum absolute atomic E-state index is 5.93. The van der Waals surface area contributed by atoms with Crippen LogP contribution in [0, 0.1) is 6.92 Å². The lowest BCUT2D eigenvalue weighted by atomic mass is 10.0. The molecule has 0 heterocycles. The van der Waals surface area contributed by atoms with Gasteiger partial charge in [0.05, 0.1) is 6.61 Å². The lowest BCUT2D eigenvalue weighted by Gasteiger charge is -2.13. The standard InChI is InChI=1S/C18H23NO/c1-13(2)16-7-4-14(3)18(12-16)20-11-10-15-5-8-17(19)9-6-15/h4-9,12-13H,10-11,19H2,1-3H3. The second-order valence-electron chi connectivity index (χ2n) is 5.52. The molecule has 0 atom stereocenters. The zero-order valence-corrected chi connectivity index (χ0v) is 12.5. The number of nitrogens with two attached hydrogens (primary N) is 1. The van der Waals surface area contributed by atoms with Crippen molar-refractivity contribution in [3.8, 4) is 5.75 Å². The number of hydrogen-bond donors (Lipinski definition) is 1. The Bertz CT molecular complexity index is 558. The number of benzene rings is 2. The van der Waals surface area contributed by atoms with Crippen molar-refractivity contribution in [2.24, 2.45) is 0 Å². The minimum absolute atomic E-state index is 0.523. The monoisotopic (exact) mass is 269 g/mol. The second kappa shape index (κ2) is 6.47. The van der Waals surface area contributed by atoms with Gasteiger partial charge in [-0.05, 0) is 47.7 Å². The Morgan fingerprint density at radius 3 is 2.40 bits per heavy atom. The van der Waals surface area contributed by atoms with Crippen molar-refractivity contribution in [2.75, 3.05) is 12.3 Å². The molecule has 0 aliphatic carbocycles. The van der Waals surface area contributed by atoms with Crippen molar-refractivity contribution in [3.05, 3.63) is 59.2 Å². The first-order valence-corrected chi connectivity index (χ1v) is 7.14. The van der Waals surface area contributed by atoms with Crippen molar-refractivity contribution in [2.45, 2.75) is 33.1 Å². The van der Waals surface area contributed by atoms with Crippen LogP contribution in [0.25, 0.3) is 0 Å². The molecule has 0 unspecified atom stereocenters. The molecule has 0 aromatic heterocycles. The third-order valence-corrected chi connectivity index (χ3v) is 3.51. The van der Waals surface area contributed by atoms with Gasteiger partial charge in [0.2, 0.25) is 0 Å². The molecule has 0 aliphatic heterocycles. The number of ether oxygens (including phenoxy) is 1. The van der Waals surface area contributed by atoms with Gasteiger partial charge in [-0.2, -0.15) is 0 Å². The highest BCUT2D eigenvalue weighted by Crippen LogP contribution is 2.24. The summed E-state index contributed by atoms with van der Waals surface area (Å²) in [6.07, 6.45) is 0.894. The summed E-state index contributed by atoms with van der Waals surface area (Å²) in [5.41, 5.74) is 10.2. The van der Waals surface area contributed by atoms with Crippen LogP contribution in [0.4, 0.5) is 5.69 Å². The Hall–Kier alpha value is -1.96. The van der Waals surface area contributed by atoms with Crippen molar-refractivity contribution in [1.82, 2.24) is 0 Å². The van der Waals surface area contributed by atoms with Crippen LogP contribution < -0.4 is 10.5 Å². The van der Waals surface area contributed by atoms with Gasteiger partial charge in [-0.25, -0.2) is 0 Å². The Kier molecular flexibility index (Phi) is 4.67. The van der Waals surface area contributed by atoms with E-state index in [4.69, 9.17) is 10.5 Å². The maximum atomic E-state index is 5.93. The van der Waals surface area contributed by atoms with Crippen LogP contribution in [0.2, 0.25) is 0 Å². The Morgan fingerprint density at radius 1 is 1.05 bits per heavy atom. The molecular weight excluding hydrogens is 246 g/mol. The molecule has 2 heteroatoms. The van der Waals surface area contributed by atoms with Crippen molar-refractivity contribution in [3.63, 3.8) is 0 Å². The predicted octanol–water partition coefficient (Wildman–Crippen LogP) is 4.32. The van der Waals surface area contributed by atoms with E-state index in [0.717, 1.165) is 17.9 Å². The van der Waals surface area contributed by atoms with Gasteiger partial charge in [-0.1, -0.05) is 38.1 Å². The molecule has 0 aliphatic rings. The normalized spacial score (nSPS) is 10.8. The molecule has 20 heavy (non-hydrogen) atoms. The van der Waals surface area contributed by atoms with Crippen molar-refractivity contribution >= 4 is 5.69 Å². The van der Waals surface area contributed by atoms with E-state index in [1.165, 1.54) is 16.7 Å². The zero-order valence-electron chi connectivity index (χ0n) is 12.5. The fraction of sp³-hybridized carbons (Fsp3) is 0.333. The average Bonchev–Trinajstić information content (AvgIpc) is 2.43. The summed E-state index contributed by atoms with van der Waals surface area (Å²) in [7, 11) is 0. The van der Waals surface area contributed by atoms with Gasteiger partial charge in [0.15, 0.2) is 0 Å². The van der Waals surface area contributed by atoms with Gasteiger partial charge in [0.25, 0.3) is 0 Å². The predicted molar refractivity (Wildman–Crippen MR) is 85.3 cm³/mol. The summed E-state index contributed by atoms with van der Waals surface area (Å²) in [5, 5.41) is 0. The van der Waals surface area contributed by atoms with Crippen LogP contribution >= 0.6 is 0 Å². The Balaban J connectivity index is 1.96. The molecule has 2 N–H and O–H groups in total. The van der Waals surface area contributed by atoms with Gasteiger partial charge >= 0.3 is 0 Å². The molecule has 2 rings (SSSR count). The van der Waals surface area contributed by atoms with E-state index in [1.807, 2.05) is 12.1 Å². The summed E-state index contributed by atoms with van der Waals surface area (Å²) < 4.78 is 5.93. The summed E-state index contributed by atoms with van der Waals surface area (Å²) in [4.78, 5) is 0. The highest BCUT2D eigenvalue weighted by atomic mass is 16.5. The highest BCUT2D eigenvalue weighted by molar-refractivity contribution is 5.40. The number of anilines is 1. The number of nitrogen functional groups attached to an aromatic ring is 1. The zero-order chi connectivity index (χ0) is 14.5. The fourth-order valence-corrected chi connectivity index (χ4v) is 2.09. The smallest absolute Gasteiger partial charge is 0.122 e. The van der Waals surface area contributed by atoms with Crippen molar-refractivity contribution in [1.29, 1.82) is 0 Å². The quantitative estimate of drug-likeness (QED) is 0.820. The average molecular weight is 269 g/mol. The largest absolute Gasteiger partial charge is 0.493 e. The molecule has 2 nitrogen and oxygen atoms in total. The topological polar surface area (TPSA) is 35.2 Å². The van der Waals surface area contributed by atoms with Gasteiger partial charge in [0, 0.05) is 12.1 Å². The molecule has 0 spiro atoms. The van der Waals surface area contributed by atoms with Gasteiger partial charge in [-0.15, -0.1) is 0 Å². The number of aryl methyl sites for hydroxylation is 1. The summed E-state index contributed by atoms with van der Waals surface area (Å²) in [6.45, 7) is 7.17. The lowest BCUT2D eigenvalue weighted by molar-refractivity contribution is 0.319. The molecule has 0 radical (unpaired) electrons. The van der Waals surface area contributed by atoms with E-state index in [2.05, 4.69) is 51.1 Å². The van der Waals surface area contributed by atoms with E-state index in [-0.39, 0.29) is 0 Å². The molecular formula is C18H23NO. The third kappa shape index (κ3) is 3.77. The molecule has 0 bridgehead atoms. The van der Waals surface area contributed by atoms with Gasteiger partial charge in [-0.3, -0.25) is 0 Å². The fourth-order valence-electron chi connectivity index (χ4n) is 2.09. The van der Waals surface area contributed by atoms with Gasteiger partial charge < -0.3 is 10.5 Å². The van der Waals surface area contributed by atoms with E-state index < -0.39 is 0 Å². The third-order valence-electron chi connectivity index (χ3n) is 3.51. The summed E-state index contributed by atoms with van der Waals surface area (Å²) in [6, 6.07) is 14.4. The van der Waals surface area contributed by atoms with Crippen LogP contribution in [0.3, 0.4) is 0 Å². The van der Waals surface area contributed by atoms with E-state index in [1.54, 1.807) is 0 Å². The van der Waals surface area contributed by atoms with Crippen LogP contribution in [0.1, 0.15) is 36.5 Å². The van der Waals surface area contributed by atoms with E-state index in [9.17, 15) is 0 Å². The molecule has 0 fully saturated rings. The minimum atomic E-state index is 0.523. The van der Waals surface area contributed by atoms with Crippen LogP contribution in [-0.2, 0) is 6.42 Å². The second-order valence-corrected chi connectivity index (χ2v) is 5.52. The molecule has 0 saturated heterocycles. The van der Waals surface area contributed by atoms with E-state index in [0.29, 0.717) is 12.5 Å². The Labute approximate surface area is 121 Å². The minimum Gasteiger partial charge on any atom is -0.493 e. The first-order valence-electron chi connectivity index (χ1n) is 7.14. The molecule has 2 aromatic rings.